The molecule has 0 aromatic heterocycles. The highest BCUT2D eigenvalue weighted by Gasteiger charge is 2.31. The van der Waals surface area contributed by atoms with Crippen molar-refractivity contribution in [3.05, 3.63) is 34.9 Å². The third-order valence-corrected chi connectivity index (χ3v) is 4.04. The summed E-state index contributed by atoms with van der Waals surface area (Å²) >= 11 is 6.02. The van der Waals surface area contributed by atoms with Crippen LogP contribution in [-0.4, -0.2) is 6.04 Å². The van der Waals surface area contributed by atoms with E-state index in [2.05, 4.69) is 38.2 Å². The van der Waals surface area contributed by atoms with Gasteiger partial charge in [0.1, 0.15) is 0 Å². The largest absolute Gasteiger partial charge is 0.307 e. The molecule has 94 valence electrons. The first-order valence-corrected chi connectivity index (χ1v) is 6.86. The fourth-order valence-electron chi connectivity index (χ4n) is 2.80. The Morgan fingerprint density at radius 3 is 2.76 bits per heavy atom. The minimum atomic E-state index is 0.382. The van der Waals surface area contributed by atoms with Gasteiger partial charge in [0.15, 0.2) is 0 Å². The highest BCUT2D eigenvalue weighted by molar-refractivity contribution is 6.30. The molecule has 0 bridgehead atoms. The zero-order chi connectivity index (χ0) is 12.5. The molecule has 1 aromatic rings. The molecule has 0 radical (unpaired) electrons. The Balaban J connectivity index is 1.96. The number of rotatable bonds is 3. The maximum absolute atomic E-state index is 6.02. The lowest BCUT2D eigenvalue weighted by molar-refractivity contribution is 0.356. The summed E-state index contributed by atoms with van der Waals surface area (Å²) < 4.78 is 0. The molecule has 0 saturated heterocycles. The van der Waals surface area contributed by atoms with E-state index < -0.39 is 0 Å². The molecule has 1 fully saturated rings. The first-order chi connectivity index (χ1) is 7.96. The second-order valence-electron chi connectivity index (χ2n) is 6.05. The van der Waals surface area contributed by atoms with E-state index in [4.69, 9.17) is 11.6 Å². The van der Waals surface area contributed by atoms with E-state index >= 15 is 0 Å². The van der Waals surface area contributed by atoms with Gasteiger partial charge in [-0.25, -0.2) is 0 Å². The fourth-order valence-corrected chi connectivity index (χ4v) is 3.00. The van der Waals surface area contributed by atoms with Crippen molar-refractivity contribution < 1.29 is 0 Å². The first kappa shape index (κ1) is 12.9. The fraction of sp³-hybridized carbons (Fsp3) is 0.600. The smallest absolute Gasteiger partial charge is 0.0409 e. The summed E-state index contributed by atoms with van der Waals surface area (Å²) in [5.41, 5.74) is 1.79. The summed E-state index contributed by atoms with van der Waals surface area (Å²) in [6.07, 6.45) is 3.89. The molecule has 0 amide bonds. The van der Waals surface area contributed by atoms with Crippen LogP contribution in [0, 0.1) is 5.41 Å². The molecular formula is C15H22ClN. The molecule has 1 aromatic carbocycles. The van der Waals surface area contributed by atoms with Crippen LogP contribution in [0.1, 0.15) is 51.6 Å². The normalized spacial score (nSPS) is 24.8. The van der Waals surface area contributed by atoms with Gasteiger partial charge in [0.2, 0.25) is 0 Å². The van der Waals surface area contributed by atoms with Crippen LogP contribution < -0.4 is 5.32 Å². The molecule has 0 spiro atoms. The minimum Gasteiger partial charge on any atom is -0.307 e. The van der Waals surface area contributed by atoms with Gasteiger partial charge in [-0.1, -0.05) is 37.6 Å². The van der Waals surface area contributed by atoms with Crippen LogP contribution in [-0.2, 0) is 0 Å². The predicted octanol–water partition coefficient (Wildman–Crippen LogP) is 4.57. The summed E-state index contributed by atoms with van der Waals surface area (Å²) in [6.45, 7) is 6.94. The van der Waals surface area contributed by atoms with Gasteiger partial charge in [-0.3, -0.25) is 0 Å². The topological polar surface area (TPSA) is 12.0 Å². The third-order valence-electron chi connectivity index (χ3n) is 3.80. The van der Waals surface area contributed by atoms with Gasteiger partial charge in [-0.2, -0.15) is 0 Å². The van der Waals surface area contributed by atoms with Crippen LogP contribution in [0.25, 0.3) is 0 Å². The van der Waals surface area contributed by atoms with Crippen LogP contribution >= 0.6 is 11.6 Å². The van der Waals surface area contributed by atoms with Crippen molar-refractivity contribution in [2.75, 3.05) is 0 Å². The summed E-state index contributed by atoms with van der Waals surface area (Å²) in [6, 6.07) is 9.18. The Kier molecular flexibility index (Phi) is 3.79. The Labute approximate surface area is 110 Å². The van der Waals surface area contributed by atoms with Crippen molar-refractivity contribution in [2.24, 2.45) is 5.41 Å². The molecule has 0 heterocycles. The number of hydrogen-bond donors (Lipinski definition) is 1. The number of hydrogen-bond acceptors (Lipinski definition) is 1. The molecule has 1 unspecified atom stereocenters. The van der Waals surface area contributed by atoms with E-state index in [9.17, 15) is 0 Å². The summed E-state index contributed by atoms with van der Waals surface area (Å²) in [5, 5.41) is 4.54. The van der Waals surface area contributed by atoms with Gasteiger partial charge in [-0.15, -0.1) is 0 Å². The Bertz CT molecular complexity index is 386. The monoisotopic (exact) mass is 251 g/mol. The molecule has 1 nitrogen and oxygen atoms in total. The highest BCUT2D eigenvalue weighted by atomic mass is 35.5. The van der Waals surface area contributed by atoms with Crippen molar-refractivity contribution >= 4 is 11.6 Å². The lowest BCUT2D eigenvalue weighted by atomic mass is 9.91. The molecule has 1 N–H and O–H groups in total. The number of nitrogens with one attached hydrogen (secondary N) is 1. The second kappa shape index (κ2) is 4.99. The highest BCUT2D eigenvalue weighted by Crippen LogP contribution is 2.37. The minimum absolute atomic E-state index is 0.382. The van der Waals surface area contributed by atoms with Crippen molar-refractivity contribution in [1.82, 2.24) is 5.32 Å². The molecule has 2 rings (SSSR count). The zero-order valence-electron chi connectivity index (χ0n) is 11.0. The molecule has 1 aliphatic carbocycles. The lowest BCUT2D eigenvalue weighted by Crippen LogP contribution is -2.30. The maximum Gasteiger partial charge on any atom is 0.0409 e. The van der Waals surface area contributed by atoms with Crippen LogP contribution in [0.15, 0.2) is 24.3 Å². The van der Waals surface area contributed by atoms with Crippen LogP contribution in [0.5, 0.6) is 0 Å². The molecule has 2 atom stereocenters. The van der Waals surface area contributed by atoms with E-state index in [0.717, 1.165) is 5.02 Å². The Morgan fingerprint density at radius 2 is 2.18 bits per heavy atom. The second-order valence-corrected chi connectivity index (χ2v) is 6.48. The van der Waals surface area contributed by atoms with Crippen LogP contribution in [0.3, 0.4) is 0 Å². The van der Waals surface area contributed by atoms with E-state index in [1.807, 2.05) is 12.1 Å². The van der Waals surface area contributed by atoms with E-state index in [0.29, 0.717) is 17.5 Å². The van der Waals surface area contributed by atoms with Crippen molar-refractivity contribution in [2.45, 2.75) is 52.1 Å². The molecule has 17 heavy (non-hydrogen) atoms. The molecule has 1 aliphatic rings. The van der Waals surface area contributed by atoms with Crippen LogP contribution in [0.2, 0.25) is 5.02 Å². The van der Waals surface area contributed by atoms with Crippen molar-refractivity contribution in [1.29, 1.82) is 0 Å². The average Bonchev–Trinajstić information content (AvgIpc) is 2.58. The van der Waals surface area contributed by atoms with Gasteiger partial charge in [0.25, 0.3) is 0 Å². The molecular weight excluding hydrogens is 230 g/mol. The van der Waals surface area contributed by atoms with Gasteiger partial charge >= 0.3 is 0 Å². The van der Waals surface area contributed by atoms with Gasteiger partial charge in [0, 0.05) is 17.1 Å². The summed E-state index contributed by atoms with van der Waals surface area (Å²) in [4.78, 5) is 0. The SMILES string of the molecule is C[C@@H](NC1CCC(C)(C)C1)c1cccc(Cl)c1. The van der Waals surface area contributed by atoms with E-state index in [-0.39, 0.29) is 0 Å². The molecule has 2 heteroatoms. The lowest BCUT2D eigenvalue weighted by Gasteiger charge is -2.22. The maximum atomic E-state index is 6.02. The molecule has 1 saturated carbocycles. The van der Waals surface area contributed by atoms with Crippen molar-refractivity contribution in [3.8, 4) is 0 Å². The standard InChI is InChI=1S/C15H22ClN/c1-11(12-5-4-6-13(16)9-12)17-14-7-8-15(2,3)10-14/h4-6,9,11,14,17H,7-8,10H2,1-3H3/t11-,14?/m1/s1. The van der Waals surface area contributed by atoms with Gasteiger partial charge in [-0.05, 0) is 49.3 Å². The van der Waals surface area contributed by atoms with Gasteiger partial charge in [0.05, 0.1) is 0 Å². The van der Waals surface area contributed by atoms with E-state index in [1.165, 1.54) is 24.8 Å². The summed E-state index contributed by atoms with van der Waals surface area (Å²) in [5.74, 6) is 0. The average molecular weight is 252 g/mol. The van der Waals surface area contributed by atoms with Crippen molar-refractivity contribution in [3.63, 3.8) is 0 Å². The third kappa shape index (κ3) is 3.46. The van der Waals surface area contributed by atoms with E-state index in [1.54, 1.807) is 0 Å². The predicted molar refractivity (Wildman–Crippen MR) is 74.4 cm³/mol. The molecule has 0 aliphatic heterocycles. The quantitative estimate of drug-likeness (QED) is 0.830. The Morgan fingerprint density at radius 1 is 1.41 bits per heavy atom. The first-order valence-electron chi connectivity index (χ1n) is 6.48. The van der Waals surface area contributed by atoms with Gasteiger partial charge < -0.3 is 5.32 Å². The summed E-state index contributed by atoms with van der Waals surface area (Å²) in [7, 11) is 0. The number of benzene rings is 1. The van der Waals surface area contributed by atoms with Crippen LogP contribution in [0.4, 0.5) is 0 Å². The zero-order valence-corrected chi connectivity index (χ0v) is 11.7. The number of halogens is 1. The Hall–Kier alpha value is -0.530.